The van der Waals surface area contributed by atoms with Crippen LogP contribution in [0.5, 0.6) is 0 Å². The molecule has 1 aromatic rings. The molecule has 6 heteroatoms. The number of aromatic nitrogens is 2. The van der Waals surface area contributed by atoms with Gasteiger partial charge in [-0.15, -0.1) is 0 Å². The molecule has 0 N–H and O–H groups in total. The Kier molecular flexibility index (Phi) is 1.24. The lowest BCUT2D eigenvalue weighted by molar-refractivity contribution is -0.803. The molecule has 2 heterocycles. The minimum atomic E-state index is 0.313. The van der Waals surface area contributed by atoms with Crippen LogP contribution in [0.1, 0.15) is 12.1 Å². The van der Waals surface area contributed by atoms with Gasteiger partial charge in [-0.1, -0.05) is 5.16 Å². The maximum atomic E-state index is 10.8. The van der Waals surface area contributed by atoms with E-state index in [-0.39, 0.29) is 0 Å². The van der Waals surface area contributed by atoms with Crippen LogP contribution >= 0.6 is 0 Å². The molecular weight excluding hydrogens is 150 g/mol. The molecule has 1 aromatic heterocycles. The van der Waals surface area contributed by atoms with E-state index < -0.39 is 0 Å². The van der Waals surface area contributed by atoms with Crippen LogP contribution in [0.4, 0.5) is 0 Å². The predicted molar refractivity (Wildman–Crippen MR) is 32.6 cm³/mol. The van der Waals surface area contributed by atoms with Crippen LogP contribution in [0.15, 0.2) is 16.0 Å². The van der Waals surface area contributed by atoms with Gasteiger partial charge in [0.25, 0.3) is 0 Å². The largest absolute Gasteiger partial charge is 0.395 e. The van der Waals surface area contributed by atoms with Gasteiger partial charge in [0.1, 0.15) is 12.3 Å². The van der Waals surface area contributed by atoms with Crippen LogP contribution in [0, 0.1) is 5.21 Å². The zero-order valence-corrected chi connectivity index (χ0v) is 5.56. The third-order valence-electron chi connectivity index (χ3n) is 1.39. The van der Waals surface area contributed by atoms with Gasteiger partial charge in [0, 0.05) is 11.6 Å². The van der Waals surface area contributed by atoms with Gasteiger partial charge in [-0.25, -0.2) is 0 Å². The second-order valence-corrected chi connectivity index (χ2v) is 2.08. The monoisotopic (exact) mass is 155 g/mol. The summed E-state index contributed by atoms with van der Waals surface area (Å²) >= 11 is 0. The van der Waals surface area contributed by atoms with Crippen molar-refractivity contribution < 1.29 is 14.4 Å². The second kappa shape index (κ2) is 2.22. The lowest BCUT2D eigenvalue weighted by atomic mass is 10.2. The van der Waals surface area contributed by atoms with Gasteiger partial charge in [0.05, 0.1) is 0 Å². The number of oxime groups is 1. The van der Waals surface area contributed by atoms with Crippen molar-refractivity contribution in [2.75, 3.05) is 6.61 Å². The zero-order valence-electron chi connectivity index (χ0n) is 5.56. The summed E-state index contributed by atoms with van der Waals surface area (Å²) in [6, 6.07) is 0. The number of rotatable bonds is 1. The maximum absolute atomic E-state index is 10.8. The molecule has 11 heavy (non-hydrogen) atoms. The van der Waals surface area contributed by atoms with Gasteiger partial charge in [-0.3, -0.25) is 4.63 Å². The van der Waals surface area contributed by atoms with Gasteiger partial charge in [-0.05, 0) is 4.90 Å². The predicted octanol–water partition coefficient (Wildman–Crippen LogP) is -0.568. The summed E-state index contributed by atoms with van der Waals surface area (Å²) in [7, 11) is 0. The van der Waals surface area contributed by atoms with Gasteiger partial charge in [0.2, 0.25) is 11.9 Å². The molecule has 0 aromatic carbocycles. The summed E-state index contributed by atoms with van der Waals surface area (Å²) in [6.07, 6.45) is 1.95. The fourth-order valence-corrected chi connectivity index (χ4v) is 0.874. The van der Waals surface area contributed by atoms with E-state index in [1.807, 2.05) is 0 Å². The molecule has 58 valence electrons. The van der Waals surface area contributed by atoms with Crippen LogP contribution in [0.3, 0.4) is 0 Å². The molecule has 0 saturated heterocycles. The molecule has 0 fully saturated rings. The molecular formula is C5H5N3O3. The quantitative estimate of drug-likeness (QED) is 0.509. The third-order valence-corrected chi connectivity index (χ3v) is 1.39. The van der Waals surface area contributed by atoms with Crippen molar-refractivity contribution in [3.05, 3.63) is 17.1 Å². The Labute approximate surface area is 61.6 Å². The number of hydrogen-bond acceptors (Lipinski definition) is 5. The first-order chi connectivity index (χ1) is 5.38. The van der Waals surface area contributed by atoms with E-state index in [2.05, 4.69) is 14.9 Å². The lowest BCUT2D eigenvalue weighted by Crippen LogP contribution is -2.30. The highest BCUT2D eigenvalue weighted by Crippen LogP contribution is 2.05. The molecule has 1 aliphatic heterocycles. The first kappa shape index (κ1) is 6.14. The molecule has 0 atom stereocenters. The van der Waals surface area contributed by atoms with E-state index in [1.165, 1.54) is 6.20 Å². The Bertz CT molecular complexity index is 293. The molecule has 0 unspecified atom stereocenters. The average Bonchev–Trinajstić information content (AvgIpc) is 2.55. The summed E-state index contributed by atoms with van der Waals surface area (Å²) in [6.45, 7) is 0.514. The fraction of sp³-hybridized carbons (Fsp3) is 0.400. The van der Waals surface area contributed by atoms with Crippen molar-refractivity contribution in [1.29, 1.82) is 0 Å². The Balaban J connectivity index is 2.35. The van der Waals surface area contributed by atoms with E-state index in [4.69, 9.17) is 4.84 Å². The highest BCUT2D eigenvalue weighted by atomic mass is 16.8. The number of hydrogen-bond donors (Lipinski definition) is 0. The molecule has 0 amide bonds. The van der Waals surface area contributed by atoms with Crippen LogP contribution in [0.25, 0.3) is 0 Å². The van der Waals surface area contributed by atoms with Crippen molar-refractivity contribution in [3.63, 3.8) is 0 Å². The topological polar surface area (TPSA) is 74.6 Å². The standard InChI is InChI=1S/C5H5N3O3/c9-8-5(3-6-11-8)4-1-2-10-7-4/h3H,1-2H2. The molecule has 0 saturated carbocycles. The van der Waals surface area contributed by atoms with Gasteiger partial charge < -0.3 is 10.0 Å². The van der Waals surface area contributed by atoms with E-state index in [1.54, 1.807) is 0 Å². The second-order valence-electron chi connectivity index (χ2n) is 2.08. The van der Waals surface area contributed by atoms with Crippen LogP contribution < -0.4 is 4.90 Å². The van der Waals surface area contributed by atoms with E-state index >= 15 is 0 Å². The first-order valence-corrected chi connectivity index (χ1v) is 3.12. The van der Waals surface area contributed by atoms with E-state index in [9.17, 15) is 5.21 Å². The van der Waals surface area contributed by atoms with Crippen molar-refractivity contribution in [3.8, 4) is 0 Å². The van der Waals surface area contributed by atoms with Crippen molar-refractivity contribution in [2.45, 2.75) is 6.42 Å². The third kappa shape index (κ3) is 0.917. The molecule has 0 spiro atoms. The SMILES string of the molecule is [O-][n+]1oncc1C1=NOCC1. The van der Waals surface area contributed by atoms with E-state index in [0.29, 0.717) is 29.3 Å². The van der Waals surface area contributed by atoms with Crippen molar-refractivity contribution in [1.82, 2.24) is 5.16 Å². The molecule has 6 nitrogen and oxygen atoms in total. The van der Waals surface area contributed by atoms with Crippen LogP contribution in [-0.2, 0) is 4.84 Å². The summed E-state index contributed by atoms with van der Waals surface area (Å²) in [4.78, 5) is 5.02. The van der Waals surface area contributed by atoms with E-state index in [0.717, 1.165) is 0 Å². The van der Waals surface area contributed by atoms with Gasteiger partial charge in [-0.2, -0.15) is 0 Å². The minimum absolute atomic E-state index is 0.313. The fourth-order valence-electron chi connectivity index (χ4n) is 0.874. The molecule has 1 aliphatic rings. The molecule has 0 bridgehead atoms. The van der Waals surface area contributed by atoms with Gasteiger partial charge in [0.15, 0.2) is 0 Å². The number of nitrogens with zero attached hydrogens (tertiary/aromatic N) is 3. The zero-order chi connectivity index (χ0) is 7.68. The summed E-state index contributed by atoms with van der Waals surface area (Å²) in [5.41, 5.74) is 0.906. The Hall–Kier alpha value is -1.59. The van der Waals surface area contributed by atoms with Gasteiger partial charge >= 0.3 is 0 Å². The normalized spacial score (nSPS) is 16.2. The van der Waals surface area contributed by atoms with Crippen LogP contribution in [-0.4, -0.2) is 17.5 Å². The highest BCUT2D eigenvalue weighted by molar-refractivity contribution is 5.97. The first-order valence-electron chi connectivity index (χ1n) is 3.12. The van der Waals surface area contributed by atoms with Crippen molar-refractivity contribution >= 4 is 5.71 Å². The smallest absolute Gasteiger partial charge is 0.243 e. The summed E-state index contributed by atoms with van der Waals surface area (Å²) in [5.74, 6) is 0. The maximum Gasteiger partial charge on any atom is 0.243 e. The summed E-state index contributed by atoms with van der Waals surface area (Å²) in [5, 5.41) is 17.7. The van der Waals surface area contributed by atoms with Crippen LogP contribution in [0.2, 0.25) is 0 Å². The molecule has 2 rings (SSSR count). The van der Waals surface area contributed by atoms with Crippen molar-refractivity contribution in [2.24, 2.45) is 5.16 Å². The Morgan fingerprint density at radius 1 is 1.64 bits per heavy atom. The Morgan fingerprint density at radius 2 is 2.55 bits per heavy atom. The highest BCUT2D eigenvalue weighted by Gasteiger charge is 2.19. The molecule has 0 aliphatic carbocycles. The minimum Gasteiger partial charge on any atom is -0.395 e. The lowest BCUT2D eigenvalue weighted by Gasteiger charge is -1.89. The molecule has 0 radical (unpaired) electrons. The Morgan fingerprint density at radius 3 is 3.09 bits per heavy atom. The average molecular weight is 155 g/mol. The summed E-state index contributed by atoms with van der Waals surface area (Å²) < 4.78 is 4.25.